The highest BCUT2D eigenvalue weighted by molar-refractivity contribution is 7.16. The molecule has 1 atom stereocenters. The molecule has 2 amide bonds. The number of halogens is 1. The van der Waals surface area contributed by atoms with Crippen LogP contribution < -0.4 is 5.32 Å². The van der Waals surface area contributed by atoms with Gasteiger partial charge >= 0.3 is 6.03 Å². The predicted octanol–water partition coefficient (Wildman–Crippen LogP) is 2.88. The number of carbonyl (C=O) groups is 1. The van der Waals surface area contributed by atoms with Crippen molar-refractivity contribution in [3.05, 3.63) is 21.3 Å². The number of ether oxygens (including phenoxy) is 2. The highest BCUT2D eigenvalue weighted by Crippen LogP contribution is 2.34. The van der Waals surface area contributed by atoms with E-state index in [1.807, 2.05) is 30.9 Å². The van der Waals surface area contributed by atoms with Gasteiger partial charge in [0.25, 0.3) is 0 Å². The number of rotatable bonds is 2. The number of thiophene rings is 1. The molecule has 0 aliphatic carbocycles. The van der Waals surface area contributed by atoms with Crippen LogP contribution in [0.4, 0.5) is 4.79 Å². The van der Waals surface area contributed by atoms with Crippen LogP contribution in [0.15, 0.2) is 12.1 Å². The van der Waals surface area contributed by atoms with Crippen LogP contribution in [0.1, 0.15) is 25.1 Å². The molecule has 0 unspecified atom stereocenters. The van der Waals surface area contributed by atoms with Crippen molar-refractivity contribution >= 4 is 29.0 Å². The Morgan fingerprint density at radius 3 is 2.91 bits per heavy atom. The fourth-order valence-corrected chi connectivity index (χ4v) is 4.20. The van der Waals surface area contributed by atoms with Crippen LogP contribution in [-0.2, 0) is 16.0 Å². The molecule has 1 aromatic rings. The minimum atomic E-state index is -0.366. The van der Waals surface area contributed by atoms with Gasteiger partial charge in [0.05, 0.1) is 36.2 Å². The summed E-state index contributed by atoms with van der Waals surface area (Å²) in [5.74, 6) is 0. The van der Waals surface area contributed by atoms with Crippen molar-refractivity contribution in [2.75, 3.05) is 26.3 Å². The zero-order valence-electron chi connectivity index (χ0n) is 12.9. The number of morpholine rings is 1. The van der Waals surface area contributed by atoms with Gasteiger partial charge in [-0.3, -0.25) is 0 Å². The van der Waals surface area contributed by atoms with Crippen LogP contribution in [0.3, 0.4) is 0 Å². The van der Waals surface area contributed by atoms with E-state index in [2.05, 4.69) is 5.32 Å². The zero-order chi connectivity index (χ0) is 15.8. The molecule has 122 valence electrons. The molecule has 2 aliphatic heterocycles. The van der Waals surface area contributed by atoms with Crippen LogP contribution in [-0.4, -0.2) is 48.4 Å². The second-order valence-electron chi connectivity index (χ2n) is 6.57. The van der Waals surface area contributed by atoms with E-state index in [9.17, 15) is 4.79 Å². The van der Waals surface area contributed by atoms with E-state index in [1.165, 1.54) is 11.3 Å². The van der Waals surface area contributed by atoms with Crippen molar-refractivity contribution < 1.29 is 14.3 Å². The third-order valence-electron chi connectivity index (χ3n) is 3.94. The van der Waals surface area contributed by atoms with Gasteiger partial charge in [0.2, 0.25) is 0 Å². The van der Waals surface area contributed by atoms with E-state index in [0.717, 1.165) is 15.6 Å². The lowest BCUT2D eigenvalue weighted by atomic mass is 9.95. The summed E-state index contributed by atoms with van der Waals surface area (Å²) in [6, 6.07) is 3.71. The van der Waals surface area contributed by atoms with Crippen molar-refractivity contribution in [2.24, 2.45) is 0 Å². The van der Waals surface area contributed by atoms with Gasteiger partial charge in [-0.25, -0.2) is 4.79 Å². The molecule has 1 aromatic heterocycles. The molecule has 0 saturated carbocycles. The van der Waals surface area contributed by atoms with Crippen LogP contribution in [0, 0.1) is 0 Å². The SMILES string of the molecule is CC1(C)CN(C(=O)NCc2ccc(Cl)s2)C[C@]2(CCOC2)O1. The van der Waals surface area contributed by atoms with Crippen molar-refractivity contribution in [1.82, 2.24) is 10.2 Å². The standard InChI is InChI=1S/C15H21ClN2O3S/c1-14(2)8-18(9-15(21-14)5-6-20-10-15)13(19)17-7-11-3-4-12(16)22-11/h3-4H,5-10H2,1-2H3,(H,17,19)/t15-/m0/s1. The van der Waals surface area contributed by atoms with Crippen LogP contribution in [0.25, 0.3) is 0 Å². The summed E-state index contributed by atoms with van der Waals surface area (Å²) < 4.78 is 12.4. The Morgan fingerprint density at radius 2 is 2.27 bits per heavy atom. The minimum absolute atomic E-state index is 0.0628. The summed E-state index contributed by atoms with van der Waals surface area (Å²) >= 11 is 7.39. The summed E-state index contributed by atoms with van der Waals surface area (Å²) in [7, 11) is 0. The van der Waals surface area contributed by atoms with Crippen molar-refractivity contribution in [3.8, 4) is 0 Å². The van der Waals surface area contributed by atoms with Gasteiger partial charge in [0.1, 0.15) is 5.60 Å². The quantitative estimate of drug-likeness (QED) is 0.897. The van der Waals surface area contributed by atoms with Gasteiger partial charge in [-0.2, -0.15) is 0 Å². The minimum Gasteiger partial charge on any atom is -0.378 e. The topological polar surface area (TPSA) is 50.8 Å². The number of nitrogens with zero attached hydrogens (tertiary/aromatic N) is 1. The third-order valence-corrected chi connectivity index (χ3v) is 5.17. The third kappa shape index (κ3) is 3.56. The molecule has 2 saturated heterocycles. The lowest BCUT2D eigenvalue weighted by Gasteiger charge is -2.47. The number of nitrogens with one attached hydrogen (secondary N) is 1. The molecule has 3 rings (SSSR count). The van der Waals surface area contributed by atoms with Gasteiger partial charge in [-0.15, -0.1) is 11.3 Å². The van der Waals surface area contributed by atoms with Gasteiger partial charge in [0.15, 0.2) is 0 Å². The molecular formula is C15H21ClN2O3S. The van der Waals surface area contributed by atoms with Gasteiger partial charge < -0.3 is 19.7 Å². The predicted molar refractivity (Wildman–Crippen MR) is 86.5 cm³/mol. The first-order valence-electron chi connectivity index (χ1n) is 7.43. The molecule has 0 bridgehead atoms. The Labute approximate surface area is 139 Å². The Balaban J connectivity index is 1.63. The molecular weight excluding hydrogens is 324 g/mol. The van der Waals surface area contributed by atoms with Crippen LogP contribution in [0.5, 0.6) is 0 Å². The lowest BCUT2D eigenvalue weighted by Crippen LogP contribution is -2.62. The normalized spacial score (nSPS) is 27.3. The van der Waals surface area contributed by atoms with E-state index in [-0.39, 0.29) is 17.2 Å². The monoisotopic (exact) mass is 344 g/mol. The summed E-state index contributed by atoms with van der Waals surface area (Å²) in [5.41, 5.74) is -0.721. The van der Waals surface area contributed by atoms with Crippen LogP contribution in [0.2, 0.25) is 4.34 Å². The van der Waals surface area contributed by atoms with E-state index >= 15 is 0 Å². The second kappa shape index (κ2) is 6.00. The summed E-state index contributed by atoms with van der Waals surface area (Å²) in [5, 5.41) is 2.97. The van der Waals surface area contributed by atoms with Crippen LogP contribution >= 0.6 is 22.9 Å². The molecule has 0 aromatic carbocycles. The lowest BCUT2D eigenvalue weighted by molar-refractivity contribution is -0.185. The van der Waals surface area contributed by atoms with E-state index < -0.39 is 0 Å². The van der Waals surface area contributed by atoms with E-state index in [1.54, 1.807) is 0 Å². The first-order valence-corrected chi connectivity index (χ1v) is 8.62. The maximum atomic E-state index is 12.5. The molecule has 0 radical (unpaired) electrons. The average Bonchev–Trinajstić information content (AvgIpc) is 3.03. The smallest absolute Gasteiger partial charge is 0.317 e. The molecule has 7 heteroatoms. The fraction of sp³-hybridized carbons (Fsp3) is 0.667. The number of carbonyl (C=O) groups excluding carboxylic acids is 1. The Hall–Kier alpha value is -0.820. The Kier molecular flexibility index (Phi) is 4.38. The summed E-state index contributed by atoms with van der Waals surface area (Å²) in [6.45, 7) is 6.94. The highest BCUT2D eigenvalue weighted by Gasteiger charge is 2.47. The largest absolute Gasteiger partial charge is 0.378 e. The molecule has 5 nitrogen and oxygen atoms in total. The van der Waals surface area contributed by atoms with Gasteiger partial charge in [-0.1, -0.05) is 11.6 Å². The number of hydrogen-bond donors (Lipinski definition) is 1. The highest BCUT2D eigenvalue weighted by atomic mass is 35.5. The number of urea groups is 1. The molecule has 1 N–H and O–H groups in total. The van der Waals surface area contributed by atoms with Crippen molar-refractivity contribution in [1.29, 1.82) is 0 Å². The van der Waals surface area contributed by atoms with Crippen molar-refractivity contribution in [3.63, 3.8) is 0 Å². The van der Waals surface area contributed by atoms with E-state index in [0.29, 0.717) is 32.8 Å². The van der Waals surface area contributed by atoms with Gasteiger partial charge in [0, 0.05) is 17.9 Å². The maximum absolute atomic E-state index is 12.5. The average molecular weight is 345 g/mol. The maximum Gasteiger partial charge on any atom is 0.317 e. The molecule has 3 heterocycles. The summed E-state index contributed by atoms with van der Waals surface area (Å²) in [4.78, 5) is 15.4. The van der Waals surface area contributed by atoms with Gasteiger partial charge in [-0.05, 0) is 26.0 Å². The second-order valence-corrected chi connectivity index (χ2v) is 8.37. The zero-order valence-corrected chi connectivity index (χ0v) is 14.4. The first kappa shape index (κ1) is 16.1. The number of amides is 2. The van der Waals surface area contributed by atoms with Crippen molar-refractivity contribution in [2.45, 2.75) is 38.0 Å². The van der Waals surface area contributed by atoms with E-state index in [4.69, 9.17) is 21.1 Å². The Bertz CT molecular complexity index is 555. The molecule has 1 spiro atoms. The molecule has 2 aliphatic rings. The number of hydrogen-bond acceptors (Lipinski definition) is 4. The molecule has 22 heavy (non-hydrogen) atoms. The summed E-state index contributed by atoms with van der Waals surface area (Å²) in [6.07, 6.45) is 0.834. The fourth-order valence-electron chi connectivity index (χ4n) is 3.17. The first-order chi connectivity index (χ1) is 10.4. The molecule has 2 fully saturated rings. The Morgan fingerprint density at radius 1 is 1.45 bits per heavy atom.